The van der Waals surface area contributed by atoms with Crippen LogP contribution in [0.5, 0.6) is 0 Å². The van der Waals surface area contributed by atoms with Crippen LogP contribution in [0, 0.1) is 12.3 Å². The molecule has 2 aliphatic rings. The molecule has 0 bridgehead atoms. The summed E-state index contributed by atoms with van der Waals surface area (Å²) >= 11 is 0. The van der Waals surface area contributed by atoms with Crippen molar-refractivity contribution in [1.29, 1.82) is 5.41 Å². The number of aryl methyl sites for hydroxylation is 1. The molecule has 1 spiro atoms. The fourth-order valence-corrected chi connectivity index (χ4v) is 3.77. The van der Waals surface area contributed by atoms with Crippen molar-refractivity contribution in [2.75, 3.05) is 31.1 Å². The fraction of sp³-hybridized carbons (Fsp3) is 0.471. The molecule has 0 radical (unpaired) electrons. The summed E-state index contributed by atoms with van der Waals surface area (Å²) < 4.78 is 0. The first-order valence-corrected chi connectivity index (χ1v) is 8.30. The van der Waals surface area contributed by atoms with Crippen LogP contribution in [0.15, 0.2) is 18.2 Å². The van der Waals surface area contributed by atoms with Crippen LogP contribution >= 0.6 is 0 Å². The Hall–Kier alpha value is -2.61. The van der Waals surface area contributed by atoms with Crippen molar-refractivity contribution in [2.24, 2.45) is 5.73 Å². The van der Waals surface area contributed by atoms with E-state index >= 15 is 0 Å². The largest absolute Gasteiger partial charge is 0.480 e. The zero-order chi connectivity index (χ0) is 18.2. The van der Waals surface area contributed by atoms with Gasteiger partial charge in [0.1, 0.15) is 5.84 Å². The smallest absolute Gasteiger partial charge is 0.322 e. The number of amides is 2. The minimum Gasteiger partial charge on any atom is -0.480 e. The Morgan fingerprint density at radius 2 is 2.08 bits per heavy atom. The molecule has 3 rings (SSSR count). The number of hydrogen-bond acceptors (Lipinski definition) is 4. The number of rotatable bonds is 4. The van der Waals surface area contributed by atoms with Crippen LogP contribution in [-0.4, -0.2) is 59.6 Å². The molecule has 2 fully saturated rings. The van der Waals surface area contributed by atoms with Gasteiger partial charge in [0.25, 0.3) is 0 Å². The summed E-state index contributed by atoms with van der Waals surface area (Å²) in [7, 11) is 0. The first kappa shape index (κ1) is 17.2. The second-order valence-electron chi connectivity index (χ2n) is 6.80. The Balaban J connectivity index is 1.86. The second kappa shape index (κ2) is 6.36. The van der Waals surface area contributed by atoms with Crippen molar-refractivity contribution in [3.05, 3.63) is 29.3 Å². The van der Waals surface area contributed by atoms with Gasteiger partial charge in [0, 0.05) is 30.9 Å². The van der Waals surface area contributed by atoms with Crippen molar-refractivity contribution in [1.82, 2.24) is 10.2 Å². The van der Waals surface area contributed by atoms with E-state index in [0.717, 1.165) is 11.3 Å². The van der Waals surface area contributed by atoms with Crippen LogP contribution in [0.4, 0.5) is 10.5 Å². The van der Waals surface area contributed by atoms with E-state index in [4.69, 9.17) is 16.2 Å². The molecular weight excluding hydrogens is 322 g/mol. The summed E-state index contributed by atoms with van der Waals surface area (Å²) in [4.78, 5) is 27.1. The molecule has 0 aromatic heterocycles. The summed E-state index contributed by atoms with van der Waals surface area (Å²) in [5, 5.41) is 19.4. The number of amidine groups is 1. The molecule has 1 aromatic carbocycles. The number of carbonyl (C=O) groups excluding carboxylic acids is 1. The Morgan fingerprint density at radius 1 is 1.40 bits per heavy atom. The lowest BCUT2D eigenvalue weighted by Crippen LogP contribution is -2.55. The number of nitrogen functional groups attached to an aromatic ring is 1. The van der Waals surface area contributed by atoms with Crippen LogP contribution in [-0.2, 0) is 4.79 Å². The van der Waals surface area contributed by atoms with Crippen molar-refractivity contribution < 1.29 is 14.7 Å². The molecule has 0 unspecified atom stereocenters. The number of aliphatic carboxylic acids is 1. The minimum absolute atomic E-state index is 0.00258. The van der Waals surface area contributed by atoms with Gasteiger partial charge in [-0.3, -0.25) is 20.0 Å². The molecule has 5 N–H and O–H groups in total. The van der Waals surface area contributed by atoms with Crippen molar-refractivity contribution in [3.8, 4) is 0 Å². The zero-order valence-electron chi connectivity index (χ0n) is 14.2. The highest BCUT2D eigenvalue weighted by Crippen LogP contribution is 2.37. The molecule has 134 valence electrons. The lowest BCUT2D eigenvalue weighted by molar-refractivity contribution is -0.138. The molecule has 8 nitrogen and oxygen atoms in total. The van der Waals surface area contributed by atoms with Gasteiger partial charge < -0.3 is 16.2 Å². The van der Waals surface area contributed by atoms with Crippen molar-refractivity contribution in [3.63, 3.8) is 0 Å². The third-order valence-corrected chi connectivity index (χ3v) is 5.14. The number of nitrogens with zero attached hydrogens (tertiary/aromatic N) is 2. The van der Waals surface area contributed by atoms with E-state index in [1.807, 2.05) is 28.9 Å². The molecule has 0 atom stereocenters. The van der Waals surface area contributed by atoms with Gasteiger partial charge in [-0.2, -0.15) is 0 Å². The monoisotopic (exact) mass is 345 g/mol. The minimum atomic E-state index is -0.830. The summed E-state index contributed by atoms with van der Waals surface area (Å²) in [6.07, 6.45) is 1.43. The SMILES string of the molecule is Cc1cc(C(=N)N)ccc1N1C(=O)NCC12CCN(CC(=O)O)CC2. The molecule has 2 amide bonds. The first-order chi connectivity index (χ1) is 11.8. The zero-order valence-corrected chi connectivity index (χ0v) is 14.2. The maximum absolute atomic E-state index is 12.5. The third-order valence-electron chi connectivity index (χ3n) is 5.14. The van der Waals surface area contributed by atoms with Crippen LogP contribution < -0.4 is 16.0 Å². The Labute approximate surface area is 146 Å². The summed E-state index contributed by atoms with van der Waals surface area (Å²) in [6, 6.07) is 5.27. The highest BCUT2D eigenvalue weighted by atomic mass is 16.4. The molecule has 2 saturated heterocycles. The lowest BCUT2D eigenvalue weighted by atomic mass is 9.86. The number of likely N-dealkylation sites (tertiary alicyclic amines) is 1. The van der Waals surface area contributed by atoms with Crippen LogP contribution in [0.25, 0.3) is 0 Å². The van der Waals surface area contributed by atoms with E-state index in [1.54, 1.807) is 6.07 Å². The number of carboxylic acids is 1. The quantitative estimate of drug-likeness (QED) is 0.473. The van der Waals surface area contributed by atoms with E-state index in [1.165, 1.54) is 0 Å². The van der Waals surface area contributed by atoms with Crippen LogP contribution in [0.1, 0.15) is 24.0 Å². The normalized spacial score (nSPS) is 19.9. The Morgan fingerprint density at radius 3 is 2.64 bits per heavy atom. The number of carbonyl (C=O) groups is 2. The summed E-state index contributed by atoms with van der Waals surface area (Å²) in [6.45, 7) is 3.77. The predicted molar refractivity (Wildman–Crippen MR) is 94.1 cm³/mol. The number of anilines is 1. The number of urea groups is 1. The average Bonchev–Trinajstić information content (AvgIpc) is 2.86. The van der Waals surface area contributed by atoms with Gasteiger partial charge in [-0.05, 0) is 43.5 Å². The number of carboxylic acid groups (broad SMARTS) is 1. The van der Waals surface area contributed by atoms with Crippen LogP contribution in [0.3, 0.4) is 0 Å². The summed E-state index contributed by atoms with van der Waals surface area (Å²) in [5.41, 5.74) is 7.53. The standard InChI is InChI=1S/C17H23N5O3/c1-11-8-12(15(18)19)2-3-13(11)22-16(25)20-10-17(22)4-6-21(7-5-17)9-14(23)24/h2-3,8H,4-7,9-10H2,1H3,(H3,18,19)(H,20,25)(H,23,24). The maximum Gasteiger partial charge on any atom is 0.322 e. The molecule has 1 aromatic rings. The molecule has 8 heteroatoms. The highest BCUT2D eigenvalue weighted by molar-refractivity contribution is 5.99. The van der Waals surface area contributed by atoms with E-state index in [0.29, 0.717) is 38.0 Å². The summed E-state index contributed by atoms with van der Waals surface area (Å²) in [5.74, 6) is -0.832. The van der Waals surface area contributed by atoms with E-state index in [2.05, 4.69) is 5.32 Å². The lowest BCUT2D eigenvalue weighted by Gasteiger charge is -2.43. The fourth-order valence-electron chi connectivity index (χ4n) is 3.77. The van der Waals surface area contributed by atoms with Gasteiger partial charge in [-0.15, -0.1) is 0 Å². The van der Waals surface area contributed by atoms with Gasteiger partial charge >= 0.3 is 12.0 Å². The van der Waals surface area contributed by atoms with Gasteiger partial charge in [0.15, 0.2) is 0 Å². The Kier molecular flexibility index (Phi) is 4.38. The number of piperidine rings is 1. The third kappa shape index (κ3) is 3.17. The molecule has 2 heterocycles. The van der Waals surface area contributed by atoms with Gasteiger partial charge in [-0.25, -0.2) is 4.79 Å². The van der Waals surface area contributed by atoms with E-state index in [-0.39, 0.29) is 24.0 Å². The second-order valence-corrected chi connectivity index (χ2v) is 6.80. The van der Waals surface area contributed by atoms with Gasteiger partial charge in [0.2, 0.25) is 0 Å². The number of nitrogens with one attached hydrogen (secondary N) is 2. The predicted octanol–water partition coefficient (Wildman–Crippen LogP) is 0.728. The van der Waals surface area contributed by atoms with Gasteiger partial charge in [0.05, 0.1) is 12.1 Å². The molecule has 0 saturated carbocycles. The Bertz CT molecular complexity index is 725. The van der Waals surface area contributed by atoms with Crippen molar-refractivity contribution in [2.45, 2.75) is 25.3 Å². The highest BCUT2D eigenvalue weighted by Gasteiger charge is 2.48. The van der Waals surface area contributed by atoms with Gasteiger partial charge in [-0.1, -0.05) is 0 Å². The molecule has 25 heavy (non-hydrogen) atoms. The topological polar surface area (TPSA) is 123 Å². The van der Waals surface area contributed by atoms with E-state index in [9.17, 15) is 9.59 Å². The number of benzene rings is 1. The maximum atomic E-state index is 12.5. The molecule has 0 aliphatic carbocycles. The van der Waals surface area contributed by atoms with Crippen LogP contribution in [0.2, 0.25) is 0 Å². The first-order valence-electron chi connectivity index (χ1n) is 8.30. The van der Waals surface area contributed by atoms with E-state index < -0.39 is 5.97 Å². The molecule has 2 aliphatic heterocycles. The number of hydrogen-bond donors (Lipinski definition) is 4. The average molecular weight is 345 g/mol. The molecular formula is C17H23N5O3. The number of nitrogens with two attached hydrogens (primary N) is 1. The van der Waals surface area contributed by atoms with Crippen molar-refractivity contribution >= 4 is 23.5 Å².